The molecule has 0 fully saturated rings. The summed E-state index contributed by atoms with van der Waals surface area (Å²) in [5, 5.41) is 9.29. The molecule has 0 aliphatic rings. The first kappa shape index (κ1) is 18.0. The zero-order valence-corrected chi connectivity index (χ0v) is 15.5. The van der Waals surface area contributed by atoms with E-state index in [9.17, 15) is 5.11 Å². The van der Waals surface area contributed by atoms with E-state index in [1.807, 2.05) is 36.8 Å². The Hall–Kier alpha value is -3.43. The third-order valence-electron chi connectivity index (χ3n) is 5.00. The lowest BCUT2D eigenvalue weighted by atomic mass is 9.76. The van der Waals surface area contributed by atoms with Gasteiger partial charge in [-0.05, 0) is 22.8 Å². The van der Waals surface area contributed by atoms with Crippen molar-refractivity contribution in [1.29, 1.82) is 0 Å². The number of benzene rings is 3. The predicted molar refractivity (Wildman–Crippen MR) is 113 cm³/mol. The van der Waals surface area contributed by atoms with Crippen molar-refractivity contribution >= 4 is 6.08 Å². The van der Waals surface area contributed by atoms with Crippen molar-refractivity contribution in [2.45, 2.75) is 5.54 Å². The Morgan fingerprint density at radius 3 is 1.64 bits per heavy atom. The molecule has 138 valence electrons. The summed E-state index contributed by atoms with van der Waals surface area (Å²) in [6.07, 6.45) is 7.34. The Balaban J connectivity index is 2.11. The average molecular weight is 366 g/mol. The summed E-state index contributed by atoms with van der Waals surface area (Å²) in [5.74, 6) is 0. The number of imidazole rings is 1. The van der Waals surface area contributed by atoms with Crippen LogP contribution in [0.4, 0.5) is 0 Å². The maximum atomic E-state index is 9.29. The van der Waals surface area contributed by atoms with Gasteiger partial charge in [-0.1, -0.05) is 97.1 Å². The molecule has 0 saturated carbocycles. The normalized spacial score (nSPS) is 11.8. The van der Waals surface area contributed by atoms with Gasteiger partial charge in [0, 0.05) is 0 Å². The fourth-order valence-corrected chi connectivity index (χ4v) is 3.84. The number of hydrogen-bond acceptors (Lipinski definition) is 2. The van der Waals surface area contributed by atoms with Gasteiger partial charge in [0.2, 0.25) is 0 Å². The second-order valence-corrected chi connectivity index (χ2v) is 6.58. The molecule has 0 spiro atoms. The fraction of sp³-hybridized carbons (Fsp3) is 0.0800. The van der Waals surface area contributed by atoms with Crippen molar-refractivity contribution in [1.82, 2.24) is 9.55 Å². The average Bonchev–Trinajstić information content (AvgIpc) is 3.24. The minimum atomic E-state index is -0.588. The Morgan fingerprint density at radius 1 is 0.750 bits per heavy atom. The van der Waals surface area contributed by atoms with E-state index in [0.29, 0.717) is 0 Å². The largest absolute Gasteiger partial charge is 0.392 e. The van der Waals surface area contributed by atoms with Crippen LogP contribution in [-0.4, -0.2) is 21.3 Å². The molecule has 1 N–H and O–H groups in total. The van der Waals surface area contributed by atoms with Crippen LogP contribution in [0.3, 0.4) is 0 Å². The summed E-state index contributed by atoms with van der Waals surface area (Å²) in [6, 6.07) is 31.4. The Kier molecular flexibility index (Phi) is 5.18. The molecule has 0 amide bonds. The Labute approximate surface area is 165 Å². The molecule has 0 aliphatic heterocycles. The predicted octanol–water partition coefficient (Wildman–Crippen LogP) is 4.73. The zero-order chi connectivity index (χ0) is 19.2. The van der Waals surface area contributed by atoms with Crippen molar-refractivity contribution < 1.29 is 5.11 Å². The molecule has 0 saturated heterocycles. The monoisotopic (exact) mass is 366 g/mol. The summed E-state index contributed by atoms with van der Waals surface area (Å²) in [4.78, 5) is 4.45. The van der Waals surface area contributed by atoms with E-state index >= 15 is 0 Å². The van der Waals surface area contributed by atoms with Crippen LogP contribution in [0.2, 0.25) is 0 Å². The number of aromatic nitrogens is 2. The molecule has 0 atom stereocenters. The van der Waals surface area contributed by atoms with Gasteiger partial charge in [-0.3, -0.25) is 0 Å². The first-order valence-corrected chi connectivity index (χ1v) is 9.34. The van der Waals surface area contributed by atoms with Crippen LogP contribution in [0, 0.1) is 0 Å². The second-order valence-electron chi connectivity index (χ2n) is 6.58. The van der Waals surface area contributed by atoms with E-state index < -0.39 is 5.54 Å². The van der Waals surface area contributed by atoms with Crippen molar-refractivity contribution in [2.75, 3.05) is 6.61 Å². The van der Waals surface area contributed by atoms with Crippen molar-refractivity contribution in [3.8, 4) is 0 Å². The summed E-state index contributed by atoms with van der Waals surface area (Å²) in [5.41, 5.74) is 3.76. The molecule has 4 aromatic rings. The molecule has 1 aromatic heterocycles. The van der Waals surface area contributed by atoms with Crippen LogP contribution < -0.4 is 0 Å². The second kappa shape index (κ2) is 8.07. The SMILES string of the molecule is OCC=Cc1cncn1C(c1ccccc1)(c1ccccc1)c1ccccc1. The quantitative estimate of drug-likeness (QED) is 0.501. The van der Waals surface area contributed by atoms with E-state index in [0.717, 1.165) is 22.4 Å². The molecule has 3 heteroatoms. The Morgan fingerprint density at radius 2 is 1.21 bits per heavy atom. The van der Waals surface area contributed by atoms with E-state index in [4.69, 9.17) is 0 Å². The van der Waals surface area contributed by atoms with Gasteiger partial charge in [0.1, 0.15) is 5.54 Å². The van der Waals surface area contributed by atoms with Crippen LogP contribution in [0.5, 0.6) is 0 Å². The highest BCUT2D eigenvalue weighted by Crippen LogP contribution is 2.41. The van der Waals surface area contributed by atoms with Crippen LogP contribution in [0.1, 0.15) is 22.4 Å². The highest BCUT2D eigenvalue weighted by atomic mass is 16.2. The topological polar surface area (TPSA) is 38.1 Å². The third kappa shape index (κ3) is 3.06. The molecule has 1 heterocycles. The lowest BCUT2D eigenvalue weighted by Gasteiger charge is -2.38. The molecule has 0 radical (unpaired) electrons. The first-order chi connectivity index (χ1) is 13.9. The van der Waals surface area contributed by atoms with Gasteiger partial charge in [0.25, 0.3) is 0 Å². The number of nitrogens with zero attached hydrogens (tertiary/aromatic N) is 2. The van der Waals surface area contributed by atoms with Gasteiger partial charge < -0.3 is 9.67 Å². The van der Waals surface area contributed by atoms with Crippen LogP contribution >= 0.6 is 0 Å². The molecule has 0 unspecified atom stereocenters. The highest BCUT2D eigenvalue weighted by Gasteiger charge is 2.39. The van der Waals surface area contributed by atoms with Gasteiger partial charge in [-0.2, -0.15) is 0 Å². The minimum Gasteiger partial charge on any atom is -0.392 e. The lowest BCUT2D eigenvalue weighted by molar-refractivity contribution is 0.343. The van der Waals surface area contributed by atoms with Gasteiger partial charge in [0.05, 0.1) is 24.8 Å². The smallest absolute Gasteiger partial charge is 0.122 e. The summed E-state index contributed by atoms with van der Waals surface area (Å²) in [7, 11) is 0. The van der Waals surface area contributed by atoms with E-state index in [1.54, 1.807) is 6.08 Å². The van der Waals surface area contributed by atoms with Gasteiger partial charge in [-0.25, -0.2) is 4.98 Å². The minimum absolute atomic E-state index is 0.0137. The molecule has 3 aromatic carbocycles. The number of hydrogen-bond donors (Lipinski definition) is 1. The van der Waals surface area contributed by atoms with Gasteiger partial charge in [0.15, 0.2) is 0 Å². The third-order valence-corrected chi connectivity index (χ3v) is 5.00. The van der Waals surface area contributed by atoms with Crippen LogP contribution in [-0.2, 0) is 5.54 Å². The van der Waals surface area contributed by atoms with Gasteiger partial charge in [-0.15, -0.1) is 0 Å². The van der Waals surface area contributed by atoms with Crippen molar-refractivity contribution in [3.05, 3.63) is 132 Å². The number of aliphatic hydroxyl groups is 1. The number of rotatable bonds is 6. The Bertz CT molecular complexity index is 941. The van der Waals surface area contributed by atoms with E-state index in [1.165, 1.54) is 0 Å². The molecule has 0 aliphatic carbocycles. The maximum Gasteiger partial charge on any atom is 0.122 e. The fourth-order valence-electron chi connectivity index (χ4n) is 3.84. The van der Waals surface area contributed by atoms with Crippen LogP contribution in [0.15, 0.2) is 110 Å². The maximum absolute atomic E-state index is 9.29. The summed E-state index contributed by atoms with van der Waals surface area (Å²) in [6.45, 7) is -0.0137. The highest BCUT2D eigenvalue weighted by molar-refractivity contribution is 5.54. The van der Waals surface area contributed by atoms with Crippen LogP contribution in [0.25, 0.3) is 6.08 Å². The molecule has 28 heavy (non-hydrogen) atoms. The summed E-state index contributed by atoms with van der Waals surface area (Å²) >= 11 is 0. The zero-order valence-electron chi connectivity index (χ0n) is 15.5. The molecule has 4 rings (SSSR count). The standard InChI is InChI=1S/C25H22N2O/c28-18-10-17-24-19-26-20-27(24)25(21-11-4-1-5-12-21,22-13-6-2-7-14-22)23-15-8-3-9-16-23/h1-17,19-20,28H,18H2. The van der Waals surface area contributed by atoms with E-state index in [2.05, 4.69) is 82.3 Å². The first-order valence-electron chi connectivity index (χ1n) is 9.34. The van der Waals surface area contributed by atoms with Crippen molar-refractivity contribution in [2.24, 2.45) is 0 Å². The number of aliphatic hydroxyl groups excluding tert-OH is 1. The molecule has 0 bridgehead atoms. The van der Waals surface area contributed by atoms with Crippen molar-refractivity contribution in [3.63, 3.8) is 0 Å². The van der Waals surface area contributed by atoms with Gasteiger partial charge >= 0.3 is 0 Å². The lowest BCUT2D eigenvalue weighted by Crippen LogP contribution is -2.38. The van der Waals surface area contributed by atoms with E-state index in [-0.39, 0.29) is 6.61 Å². The summed E-state index contributed by atoms with van der Waals surface area (Å²) < 4.78 is 2.18. The molecular formula is C25H22N2O. The molecule has 3 nitrogen and oxygen atoms in total. The molecular weight excluding hydrogens is 344 g/mol.